The van der Waals surface area contributed by atoms with Gasteiger partial charge in [-0.1, -0.05) is 63.0 Å². The molecule has 0 radical (unpaired) electrons. The third-order valence-corrected chi connectivity index (χ3v) is 6.16. The van der Waals surface area contributed by atoms with Gasteiger partial charge in [-0.3, -0.25) is 0 Å². The largest absolute Gasteiger partial charge is 0.356 e. The SMILES string of the molecule is CC#CCOC(C[n+]1ccn(CCCCCCCCCC)c1)c1ccc(Cl)s1. The minimum absolute atomic E-state index is 0.0256. The number of hydrogen-bond acceptors (Lipinski definition) is 2. The number of thiophene rings is 1. The van der Waals surface area contributed by atoms with Crippen molar-refractivity contribution in [3.05, 3.63) is 40.1 Å². The third-order valence-electron chi connectivity index (χ3n) is 4.84. The molecule has 0 N–H and O–H groups in total. The average Bonchev–Trinajstić information content (AvgIpc) is 3.32. The fraction of sp³-hybridized carbons (Fsp3) is 0.609. The van der Waals surface area contributed by atoms with Gasteiger partial charge in [0.2, 0.25) is 6.33 Å². The molecular weight excluding hydrogens is 388 g/mol. The summed E-state index contributed by atoms with van der Waals surface area (Å²) in [5.74, 6) is 5.87. The van der Waals surface area contributed by atoms with Crippen molar-refractivity contribution in [1.82, 2.24) is 4.57 Å². The smallest absolute Gasteiger partial charge is 0.243 e. The van der Waals surface area contributed by atoms with Gasteiger partial charge in [-0.05, 0) is 31.9 Å². The van der Waals surface area contributed by atoms with Crippen LogP contribution in [0.25, 0.3) is 0 Å². The molecule has 2 aromatic rings. The predicted molar refractivity (Wildman–Crippen MR) is 119 cm³/mol. The maximum absolute atomic E-state index is 6.12. The summed E-state index contributed by atoms with van der Waals surface area (Å²) in [6.07, 6.45) is 17.3. The lowest BCUT2D eigenvalue weighted by Crippen LogP contribution is -2.35. The highest BCUT2D eigenvalue weighted by atomic mass is 35.5. The molecule has 154 valence electrons. The Morgan fingerprint density at radius 1 is 1.14 bits per heavy atom. The maximum Gasteiger partial charge on any atom is 0.243 e. The molecule has 0 aliphatic carbocycles. The topological polar surface area (TPSA) is 18.0 Å². The van der Waals surface area contributed by atoms with Crippen molar-refractivity contribution in [2.75, 3.05) is 6.61 Å². The second-order valence-corrected chi connectivity index (χ2v) is 8.94. The van der Waals surface area contributed by atoms with Gasteiger partial charge < -0.3 is 4.74 Å². The molecule has 0 aliphatic heterocycles. The van der Waals surface area contributed by atoms with E-state index >= 15 is 0 Å². The average molecular weight is 422 g/mol. The summed E-state index contributed by atoms with van der Waals surface area (Å²) >= 11 is 7.69. The first-order valence-corrected chi connectivity index (χ1v) is 11.7. The van der Waals surface area contributed by atoms with Gasteiger partial charge in [-0.15, -0.1) is 17.3 Å². The van der Waals surface area contributed by atoms with Crippen molar-refractivity contribution >= 4 is 22.9 Å². The van der Waals surface area contributed by atoms with Crippen molar-refractivity contribution in [3.8, 4) is 11.8 Å². The Bertz CT molecular complexity index is 728. The van der Waals surface area contributed by atoms with E-state index in [4.69, 9.17) is 16.3 Å². The molecule has 2 rings (SSSR count). The van der Waals surface area contributed by atoms with Crippen molar-refractivity contribution < 1.29 is 9.30 Å². The summed E-state index contributed by atoms with van der Waals surface area (Å²) < 4.78 is 11.3. The summed E-state index contributed by atoms with van der Waals surface area (Å²) in [5, 5.41) is 0. The Kier molecular flexibility index (Phi) is 11.4. The second kappa shape index (κ2) is 13.8. The first-order chi connectivity index (χ1) is 13.7. The fourth-order valence-corrected chi connectivity index (χ4v) is 4.34. The Balaban J connectivity index is 1.76. The Hall–Kier alpha value is -1.28. The highest BCUT2D eigenvalue weighted by Gasteiger charge is 2.18. The number of aromatic nitrogens is 2. The monoisotopic (exact) mass is 421 g/mol. The molecular formula is C23H34ClN2OS+. The molecule has 0 saturated carbocycles. The minimum Gasteiger partial charge on any atom is -0.356 e. The molecule has 0 amide bonds. The summed E-state index contributed by atoms with van der Waals surface area (Å²) in [7, 11) is 0. The second-order valence-electron chi connectivity index (χ2n) is 7.19. The number of halogens is 1. The molecule has 0 fully saturated rings. The summed E-state index contributed by atoms with van der Waals surface area (Å²) in [6.45, 7) is 6.40. The summed E-state index contributed by atoms with van der Waals surface area (Å²) in [6, 6.07) is 3.98. The summed E-state index contributed by atoms with van der Waals surface area (Å²) in [5.41, 5.74) is 0. The van der Waals surface area contributed by atoms with E-state index in [1.807, 2.05) is 13.0 Å². The Morgan fingerprint density at radius 2 is 1.89 bits per heavy atom. The molecule has 1 atom stereocenters. The first kappa shape index (κ1) is 23.0. The standard InChI is InChI=1S/C23H34ClN2OS/c1-3-5-7-8-9-10-11-12-15-25-16-17-26(20-25)19-21(27-18-6-4-2)22-13-14-23(24)28-22/h13-14,16-17,20-21H,3,5,7-12,15,18-19H2,1-2H3/q+1. The van der Waals surface area contributed by atoms with Crippen molar-refractivity contribution in [2.45, 2.75) is 84.4 Å². The van der Waals surface area contributed by atoms with Crippen LogP contribution in [0.4, 0.5) is 0 Å². The van der Waals surface area contributed by atoms with E-state index in [9.17, 15) is 0 Å². The van der Waals surface area contributed by atoms with E-state index in [2.05, 4.69) is 52.7 Å². The zero-order valence-electron chi connectivity index (χ0n) is 17.3. The lowest BCUT2D eigenvalue weighted by Gasteiger charge is -2.12. The molecule has 2 heterocycles. The first-order valence-electron chi connectivity index (χ1n) is 10.5. The van der Waals surface area contributed by atoms with Crippen molar-refractivity contribution in [3.63, 3.8) is 0 Å². The van der Waals surface area contributed by atoms with Crippen molar-refractivity contribution in [1.29, 1.82) is 0 Å². The minimum atomic E-state index is -0.0256. The number of aryl methyl sites for hydroxylation is 1. The lowest BCUT2D eigenvalue weighted by atomic mass is 10.1. The van der Waals surface area contributed by atoms with Crippen molar-refractivity contribution in [2.24, 2.45) is 0 Å². The number of nitrogens with zero attached hydrogens (tertiary/aromatic N) is 2. The van der Waals surface area contributed by atoms with Gasteiger partial charge in [0, 0.05) is 4.88 Å². The number of unbranched alkanes of at least 4 members (excludes halogenated alkanes) is 7. The van der Waals surface area contributed by atoms with Crippen LogP contribution in [-0.2, 0) is 17.8 Å². The van der Waals surface area contributed by atoms with E-state index in [0.717, 1.165) is 22.3 Å². The van der Waals surface area contributed by atoms with Crippen LogP contribution in [0.1, 0.15) is 76.2 Å². The van der Waals surface area contributed by atoms with Crippen LogP contribution in [0.3, 0.4) is 0 Å². The van der Waals surface area contributed by atoms with Gasteiger partial charge in [0.25, 0.3) is 0 Å². The molecule has 0 aromatic carbocycles. The molecule has 0 bridgehead atoms. The highest BCUT2D eigenvalue weighted by molar-refractivity contribution is 7.16. The molecule has 2 aromatic heterocycles. The molecule has 28 heavy (non-hydrogen) atoms. The molecule has 1 unspecified atom stereocenters. The quantitative estimate of drug-likeness (QED) is 0.196. The normalized spacial score (nSPS) is 12.0. The van der Waals surface area contributed by atoms with E-state index in [1.54, 1.807) is 11.3 Å². The van der Waals surface area contributed by atoms with E-state index in [1.165, 1.54) is 51.4 Å². The van der Waals surface area contributed by atoms with Gasteiger partial charge in [-0.2, -0.15) is 0 Å². The number of hydrogen-bond donors (Lipinski definition) is 0. The molecule has 0 spiro atoms. The molecule has 0 aliphatic rings. The maximum atomic E-state index is 6.12. The van der Waals surface area contributed by atoms with Crippen LogP contribution in [0.5, 0.6) is 0 Å². The summed E-state index contributed by atoms with van der Waals surface area (Å²) in [4.78, 5) is 1.14. The number of rotatable bonds is 14. The molecule has 3 nitrogen and oxygen atoms in total. The lowest BCUT2D eigenvalue weighted by molar-refractivity contribution is -0.704. The molecule has 0 saturated heterocycles. The Labute approximate surface area is 179 Å². The van der Waals surface area contributed by atoms with Gasteiger partial charge in [0.1, 0.15) is 31.6 Å². The van der Waals surface area contributed by atoms with Crippen LogP contribution in [0, 0.1) is 11.8 Å². The fourth-order valence-electron chi connectivity index (χ4n) is 3.24. The highest BCUT2D eigenvalue weighted by Crippen LogP contribution is 2.29. The number of ether oxygens (including phenoxy) is 1. The van der Waals surface area contributed by atoms with Gasteiger partial charge in [-0.25, -0.2) is 9.13 Å². The van der Waals surface area contributed by atoms with Crippen LogP contribution >= 0.6 is 22.9 Å². The van der Waals surface area contributed by atoms with Crippen LogP contribution in [0.2, 0.25) is 4.34 Å². The van der Waals surface area contributed by atoms with E-state index in [0.29, 0.717) is 6.61 Å². The van der Waals surface area contributed by atoms with Crippen LogP contribution < -0.4 is 4.57 Å². The van der Waals surface area contributed by atoms with E-state index in [-0.39, 0.29) is 6.10 Å². The Morgan fingerprint density at radius 3 is 2.57 bits per heavy atom. The van der Waals surface area contributed by atoms with Gasteiger partial charge in [0.15, 0.2) is 0 Å². The molecule has 5 heteroatoms. The number of imidazole rings is 1. The van der Waals surface area contributed by atoms with Gasteiger partial charge in [0.05, 0.1) is 10.9 Å². The predicted octanol–water partition coefficient (Wildman–Crippen LogP) is 6.41. The zero-order valence-corrected chi connectivity index (χ0v) is 18.9. The zero-order chi connectivity index (χ0) is 20.0. The van der Waals surface area contributed by atoms with E-state index < -0.39 is 0 Å². The van der Waals surface area contributed by atoms with Crippen LogP contribution in [0.15, 0.2) is 30.9 Å². The van der Waals surface area contributed by atoms with Crippen LogP contribution in [-0.4, -0.2) is 11.2 Å². The third kappa shape index (κ3) is 8.82. The van der Waals surface area contributed by atoms with Gasteiger partial charge >= 0.3 is 0 Å².